The van der Waals surface area contributed by atoms with Crippen molar-refractivity contribution in [2.45, 2.75) is 38.1 Å². The van der Waals surface area contributed by atoms with Gasteiger partial charge in [0.05, 0.1) is 17.7 Å². The number of hydrogen-bond acceptors (Lipinski definition) is 6. The molecule has 2 N–H and O–H groups in total. The van der Waals surface area contributed by atoms with Crippen LogP contribution in [-0.4, -0.2) is 32.0 Å². The number of carbonyl (C=O) groups excluding carboxylic acids is 1. The second kappa shape index (κ2) is 8.78. The summed E-state index contributed by atoms with van der Waals surface area (Å²) >= 11 is 1.36. The van der Waals surface area contributed by atoms with E-state index < -0.39 is 21.5 Å². The third-order valence-corrected chi connectivity index (χ3v) is 7.11. The number of aryl methyl sites for hydroxylation is 1. The van der Waals surface area contributed by atoms with Gasteiger partial charge in [-0.1, -0.05) is 41.7 Å². The Bertz CT molecular complexity index is 1200. The molecule has 31 heavy (non-hydrogen) atoms. The second-order valence-electron chi connectivity index (χ2n) is 7.97. The number of nitrogens with zero attached hydrogens (tertiary/aromatic N) is 1. The average molecular weight is 460 g/mol. The van der Waals surface area contributed by atoms with Crippen molar-refractivity contribution in [3.05, 3.63) is 59.8 Å². The third-order valence-electron chi connectivity index (χ3n) is 4.21. The van der Waals surface area contributed by atoms with E-state index >= 15 is 0 Å². The first-order valence-electron chi connectivity index (χ1n) is 9.56. The van der Waals surface area contributed by atoms with Crippen LogP contribution in [-0.2, 0) is 10.0 Å². The average Bonchev–Trinajstić information content (AvgIpc) is 3.06. The van der Waals surface area contributed by atoms with Gasteiger partial charge in [-0.05, 0) is 51.5 Å². The SMILES string of the molecule is COc1ccc(C(=O)Nc2nc(C)c(-c3ccccc3)s2)cc1S(=O)(=O)NC(C)(C)C. The van der Waals surface area contributed by atoms with Gasteiger partial charge < -0.3 is 4.74 Å². The number of rotatable bonds is 6. The highest BCUT2D eigenvalue weighted by Gasteiger charge is 2.26. The minimum Gasteiger partial charge on any atom is -0.495 e. The summed E-state index contributed by atoms with van der Waals surface area (Å²) in [5, 5.41) is 3.21. The van der Waals surface area contributed by atoms with Crippen molar-refractivity contribution in [2.75, 3.05) is 12.4 Å². The number of methoxy groups -OCH3 is 1. The smallest absolute Gasteiger partial charge is 0.257 e. The molecule has 0 atom stereocenters. The van der Waals surface area contributed by atoms with E-state index in [0.717, 1.165) is 16.1 Å². The van der Waals surface area contributed by atoms with Crippen molar-refractivity contribution >= 4 is 32.4 Å². The Kier molecular flexibility index (Phi) is 6.49. The zero-order valence-electron chi connectivity index (χ0n) is 18.0. The van der Waals surface area contributed by atoms with Gasteiger partial charge in [-0.25, -0.2) is 18.1 Å². The minimum atomic E-state index is -3.90. The summed E-state index contributed by atoms with van der Waals surface area (Å²) in [5.41, 5.74) is 1.32. The summed E-state index contributed by atoms with van der Waals surface area (Å²) in [6.45, 7) is 7.10. The summed E-state index contributed by atoms with van der Waals surface area (Å²) in [7, 11) is -2.51. The molecule has 0 aliphatic carbocycles. The van der Waals surface area contributed by atoms with Gasteiger partial charge in [0.2, 0.25) is 10.0 Å². The maximum absolute atomic E-state index is 12.8. The van der Waals surface area contributed by atoms with Crippen LogP contribution in [0.15, 0.2) is 53.4 Å². The van der Waals surface area contributed by atoms with Crippen molar-refractivity contribution in [3.63, 3.8) is 0 Å². The molecule has 0 saturated carbocycles. The van der Waals surface area contributed by atoms with E-state index in [1.165, 1.54) is 36.6 Å². The Hall–Kier alpha value is -2.75. The molecule has 1 heterocycles. The van der Waals surface area contributed by atoms with E-state index in [1.807, 2.05) is 37.3 Å². The molecule has 164 valence electrons. The van der Waals surface area contributed by atoms with Crippen molar-refractivity contribution in [2.24, 2.45) is 0 Å². The molecular formula is C22H25N3O4S2. The van der Waals surface area contributed by atoms with Crippen LogP contribution in [0.2, 0.25) is 0 Å². The topological polar surface area (TPSA) is 97.4 Å². The molecule has 7 nitrogen and oxygen atoms in total. The highest BCUT2D eigenvalue weighted by Crippen LogP contribution is 2.33. The van der Waals surface area contributed by atoms with Crippen LogP contribution in [0.1, 0.15) is 36.8 Å². The van der Waals surface area contributed by atoms with Crippen molar-refractivity contribution in [1.29, 1.82) is 0 Å². The first kappa shape index (κ1) is 22.9. The van der Waals surface area contributed by atoms with Gasteiger partial charge in [0, 0.05) is 11.1 Å². The summed E-state index contributed by atoms with van der Waals surface area (Å²) < 4.78 is 33.5. The molecule has 2 aromatic carbocycles. The Balaban J connectivity index is 1.90. The van der Waals surface area contributed by atoms with Crippen LogP contribution >= 0.6 is 11.3 Å². The number of carbonyl (C=O) groups is 1. The Labute approximate surface area is 186 Å². The second-order valence-corrected chi connectivity index (χ2v) is 10.6. The molecule has 0 radical (unpaired) electrons. The molecule has 9 heteroatoms. The summed E-state index contributed by atoms with van der Waals surface area (Å²) in [6, 6.07) is 14.1. The van der Waals surface area contributed by atoms with Gasteiger partial charge in [-0.15, -0.1) is 0 Å². The zero-order chi connectivity index (χ0) is 22.8. The number of amides is 1. The van der Waals surface area contributed by atoms with Crippen LogP contribution in [0, 0.1) is 6.92 Å². The lowest BCUT2D eigenvalue weighted by molar-refractivity contribution is 0.102. The molecule has 0 aliphatic heterocycles. The van der Waals surface area contributed by atoms with Crippen LogP contribution in [0.25, 0.3) is 10.4 Å². The van der Waals surface area contributed by atoms with Crippen molar-refractivity contribution in [3.8, 4) is 16.2 Å². The molecule has 0 aliphatic rings. The first-order chi connectivity index (χ1) is 14.5. The van der Waals surface area contributed by atoms with E-state index in [2.05, 4.69) is 15.0 Å². The summed E-state index contributed by atoms with van der Waals surface area (Å²) in [5.74, 6) is -0.298. The molecule has 0 spiro atoms. The number of hydrogen-bond donors (Lipinski definition) is 2. The highest BCUT2D eigenvalue weighted by molar-refractivity contribution is 7.89. The monoisotopic (exact) mass is 459 g/mol. The Morgan fingerprint density at radius 1 is 1.10 bits per heavy atom. The van der Waals surface area contributed by atoms with Gasteiger partial charge in [0.25, 0.3) is 5.91 Å². The fraction of sp³-hybridized carbons (Fsp3) is 0.273. The van der Waals surface area contributed by atoms with E-state index in [0.29, 0.717) is 5.13 Å². The number of nitrogens with one attached hydrogen (secondary N) is 2. The minimum absolute atomic E-state index is 0.0992. The third kappa shape index (κ3) is 5.49. The lowest BCUT2D eigenvalue weighted by atomic mass is 10.1. The molecule has 3 aromatic rings. The number of anilines is 1. The number of ether oxygens (including phenoxy) is 1. The predicted octanol–water partition coefficient (Wildman–Crippen LogP) is 4.46. The van der Waals surface area contributed by atoms with Gasteiger partial charge in [-0.3, -0.25) is 10.1 Å². The molecule has 1 amide bonds. The number of aromatic nitrogens is 1. The van der Waals surface area contributed by atoms with Gasteiger partial charge in [0.1, 0.15) is 10.6 Å². The number of thiazole rings is 1. The lowest BCUT2D eigenvalue weighted by Crippen LogP contribution is -2.40. The van der Waals surface area contributed by atoms with E-state index in [4.69, 9.17) is 4.74 Å². The molecule has 0 unspecified atom stereocenters. The van der Waals surface area contributed by atoms with Crippen LogP contribution < -0.4 is 14.8 Å². The fourth-order valence-corrected chi connectivity index (χ4v) is 5.54. The Morgan fingerprint density at radius 3 is 2.39 bits per heavy atom. The standard InChI is InChI=1S/C22H25N3O4S2/c1-14-19(15-9-7-6-8-10-15)30-21(23-14)24-20(26)16-11-12-17(29-5)18(13-16)31(27,28)25-22(2,3)4/h6-13,25H,1-5H3,(H,23,24,26). The maximum atomic E-state index is 12.8. The fourth-order valence-electron chi connectivity index (χ4n) is 2.96. The molecule has 3 rings (SSSR count). The summed E-state index contributed by atoms with van der Waals surface area (Å²) in [4.78, 5) is 18.1. The summed E-state index contributed by atoms with van der Waals surface area (Å²) in [6.07, 6.45) is 0. The molecule has 0 bridgehead atoms. The van der Waals surface area contributed by atoms with Crippen LogP contribution in [0.5, 0.6) is 5.75 Å². The van der Waals surface area contributed by atoms with E-state index in [1.54, 1.807) is 20.8 Å². The molecule has 1 aromatic heterocycles. The molecule has 0 saturated heterocycles. The molecule has 0 fully saturated rings. The first-order valence-corrected chi connectivity index (χ1v) is 11.9. The van der Waals surface area contributed by atoms with Gasteiger partial charge in [0.15, 0.2) is 5.13 Å². The van der Waals surface area contributed by atoms with Crippen molar-refractivity contribution < 1.29 is 17.9 Å². The van der Waals surface area contributed by atoms with Crippen LogP contribution in [0.4, 0.5) is 5.13 Å². The Morgan fingerprint density at radius 2 is 1.77 bits per heavy atom. The maximum Gasteiger partial charge on any atom is 0.257 e. The lowest BCUT2D eigenvalue weighted by Gasteiger charge is -2.21. The number of sulfonamides is 1. The molecular weight excluding hydrogens is 434 g/mol. The number of benzene rings is 2. The predicted molar refractivity (Wildman–Crippen MR) is 123 cm³/mol. The van der Waals surface area contributed by atoms with Crippen molar-refractivity contribution in [1.82, 2.24) is 9.71 Å². The van der Waals surface area contributed by atoms with Gasteiger partial charge >= 0.3 is 0 Å². The largest absolute Gasteiger partial charge is 0.495 e. The zero-order valence-corrected chi connectivity index (χ0v) is 19.6. The van der Waals surface area contributed by atoms with E-state index in [9.17, 15) is 13.2 Å². The highest BCUT2D eigenvalue weighted by atomic mass is 32.2. The quantitative estimate of drug-likeness (QED) is 0.567. The van der Waals surface area contributed by atoms with Gasteiger partial charge in [-0.2, -0.15) is 0 Å². The van der Waals surface area contributed by atoms with Crippen LogP contribution in [0.3, 0.4) is 0 Å². The van der Waals surface area contributed by atoms with E-state index in [-0.39, 0.29) is 16.2 Å². The normalized spacial score (nSPS) is 11.9.